The van der Waals surface area contributed by atoms with Gasteiger partial charge < -0.3 is 10.2 Å². The number of nitrogens with zero attached hydrogens (tertiary/aromatic N) is 2. The van der Waals surface area contributed by atoms with E-state index in [4.69, 9.17) is 0 Å². The lowest BCUT2D eigenvalue weighted by Crippen LogP contribution is -2.49. The van der Waals surface area contributed by atoms with Gasteiger partial charge in [-0.3, -0.25) is 14.5 Å². The molecule has 2 aromatic carbocycles. The molecular weight excluding hydrogens is 418 g/mol. The highest BCUT2D eigenvalue weighted by Gasteiger charge is 2.25. The topological polar surface area (TPSA) is 52.7 Å². The molecule has 32 heavy (non-hydrogen) atoms. The Bertz CT molecular complexity index is 984. The zero-order valence-electron chi connectivity index (χ0n) is 18.2. The molecule has 166 valence electrons. The molecule has 2 amide bonds. The van der Waals surface area contributed by atoms with E-state index >= 15 is 0 Å². The van der Waals surface area contributed by atoms with Crippen molar-refractivity contribution >= 4 is 23.2 Å². The predicted octanol–water partition coefficient (Wildman–Crippen LogP) is 4.00. The van der Waals surface area contributed by atoms with Crippen LogP contribution in [0.25, 0.3) is 0 Å². The molecule has 1 unspecified atom stereocenters. The summed E-state index contributed by atoms with van der Waals surface area (Å²) in [5, 5.41) is 5.19. The Morgan fingerprint density at radius 2 is 1.56 bits per heavy atom. The highest BCUT2D eigenvalue weighted by molar-refractivity contribution is 7.09. The van der Waals surface area contributed by atoms with E-state index in [-0.39, 0.29) is 24.3 Å². The van der Waals surface area contributed by atoms with E-state index in [2.05, 4.69) is 27.7 Å². The normalized spacial score (nSPS) is 15.3. The van der Waals surface area contributed by atoms with E-state index in [0.29, 0.717) is 5.56 Å². The van der Waals surface area contributed by atoms with Gasteiger partial charge in [-0.25, -0.2) is 0 Å². The second-order valence-corrected chi connectivity index (χ2v) is 9.09. The fraction of sp³-hybridized carbons (Fsp3) is 0.308. The molecule has 3 aromatic rings. The monoisotopic (exact) mass is 447 g/mol. The third kappa shape index (κ3) is 6.05. The Hall–Kier alpha value is -2.96. The minimum atomic E-state index is -0.353. The Balaban J connectivity index is 1.33. The number of nitrogens with one attached hydrogen (secondary N) is 1. The Morgan fingerprint density at radius 1 is 0.875 bits per heavy atom. The van der Waals surface area contributed by atoms with Gasteiger partial charge in [0.25, 0.3) is 5.91 Å². The molecule has 1 aliphatic heterocycles. The summed E-state index contributed by atoms with van der Waals surface area (Å²) in [6, 6.07) is 22.8. The summed E-state index contributed by atoms with van der Waals surface area (Å²) >= 11 is 1.80. The fourth-order valence-corrected chi connectivity index (χ4v) is 4.71. The highest BCUT2D eigenvalue weighted by atomic mass is 32.1. The van der Waals surface area contributed by atoms with Crippen LogP contribution in [-0.4, -0.2) is 54.3 Å². The molecule has 1 atom stereocenters. The SMILES string of the molecule is O=C(NC(CC(=O)N1CCN(CCc2cccs2)CC1)c1ccccc1)c1ccccc1. The first-order chi connectivity index (χ1) is 15.7. The van der Waals surface area contributed by atoms with Gasteiger partial charge in [0.2, 0.25) is 5.91 Å². The summed E-state index contributed by atoms with van der Waals surface area (Å²) < 4.78 is 0. The van der Waals surface area contributed by atoms with Gasteiger partial charge in [-0.05, 0) is 35.6 Å². The average Bonchev–Trinajstić information content (AvgIpc) is 3.37. The van der Waals surface area contributed by atoms with Gasteiger partial charge in [-0.1, -0.05) is 54.6 Å². The van der Waals surface area contributed by atoms with E-state index in [1.807, 2.05) is 53.4 Å². The summed E-state index contributed by atoms with van der Waals surface area (Å²) in [7, 11) is 0. The number of piperazine rings is 1. The number of hydrogen-bond donors (Lipinski definition) is 1. The van der Waals surface area contributed by atoms with Crippen molar-refractivity contribution in [2.24, 2.45) is 0 Å². The molecule has 0 saturated carbocycles. The van der Waals surface area contributed by atoms with Crippen molar-refractivity contribution in [3.63, 3.8) is 0 Å². The van der Waals surface area contributed by atoms with Crippen molar-refractivity contribution in [1.82, 2.24) is 15.1 Å². The van der Waals surface area contributed by atoms with Gasteiger partial charge in [-0.2, -0.15) is 0 Å². The maximum atomic E-state index is 13.1. The third-order valence-corrected chi connectivity index (χ3v) is 6.84. The van der Waals surface area contributed by atoms with E-state index in [0.717, 1.165) is 44.7 Å². The van der Waals surface area contributed by atoms with Crippen LogP contribution in [0, 0.1) is 0 Å². The number of hydrogen-bond acceptors (Lipinski definition) is 4. The molecular formula is C26H29N3O2S. The number of rotatable bonds is 8. The molecule has 1 saturated heterocycles. The van der Waals surface area contributed by atoms with Gasteiger partial charge >= 0.3 is 0 Å². The summed E-state index contributed by atoms with van der Waals surface area (Å²) in [6.07, 6.45) is 1.32. The zero-order valence-corrected chi connectivity index (χ0v) is 19.0. The maximum Gasteiger partial charge on any atom is 0.251 e. The molecule has 0 radical (unpaired) electrons. The number of carbonyl (C=O) groups is 2. The van der Waals surface area contributed by atoms with Crippen LogP contribution < -0.4 is 5.32 Å². The van der Waals surface area contributed by atoms with E-state index in [1.54, 1.807) is 23.5 Å². The molecule has 1 fully saturated rings. The van der Waals surface area contributed by atoms with Crippen molar-refractivity contribution in [3.8, 4) is 0 Å². The van der Waals surface area contributed by atoms with Crippen LogP contribution in [-0.2, 0) is 11.2 Å². The smallest absolute Gasteiger partial charge is 0.251 e. The minimum absolute atomic E-state index is 0.0881. The van der Waals surface area contributed by atoms with Gasteiger partial charge in [0, 0.05) is 43.2 Å². The van der Waals surface area contributed by atoms with Crippen LogP contribution in [0.2, 0.25) is 0 Å². The molecule has 0 aliphatic carbocycles. The average molecular weight is 448 g/mol. The third-order valence-electron chi connectivity index (χ3n) is 5.90. The molecule has 0 bridgehead atoms. The summed E-state index contributed by atoms with van der Waals surface area (Å²) in [5.41, 5.74) is 1.54. The number of carbonyl (C=O) groups excluding carboxylic acids is 2. The summed E-state index contributed by atoms with van der Waals surface area (Å²) in [4.78, 5) is 31.6. The number of benzene rings is 2. The zero-order chi connectivity index (χ0) is 22.2. The highest BCUT2D eigenvalue weighted by Crippen LogP contribution is 2.20. The Morgan fingerprint density at radius 3 is 2.22 bits per heavy atom. The van der Waals surface area contributed by atoms with E-state index in [1.165, 1.54) is 4.88 Å². The van der Waals surface area contributed by atoms with Crippen molar-refractivity contribution in [1.29, 1.82) is 0 Å². The van der Waals surface area contributed by atoms with Gasteiger partial charge in [0.05, 0.1) is 12.5 Å². The quantitative estimate of drug-likeness (QED) is 0.568. The minimum Gasteiger partial charge on any atom is -0.345 e. The van der Waals surface area contributed by atoms with Gasteiger partial charge in [-0.15, -0.1) is 11.3 Å². The standard InChI is InChI=1S/C26H29N3O2S/c30-25(29-17-15-28(16-18-29)14-13-23-12-7-19-32-23)20-24(21-8-3-1-4-9-21)27-26(31)22-10-5-2-6-11-22/h1-12,19,24H,13-18,20H2,(H,27,31). The molecule has 5 nitrogen and oxygen atoms in total. The van der Waals surface area contributed by atoms with E-state index in [9.17, 15) is 9.59 Å². The second kappa shape index (κ2) is 11.1. The van der Waals surface area contributed by atoms with Crippen molar-refractivity contribution in [2.45, 2.75) is 18.9 Å². The lowest BCUT2D eigenvalue weighted by molar-refractivity contribution is -0.133. The molecule has 2 heterocycles. The van der Waals surface area contributed by atoms with Crippen LogP contribution in [0.1, 0.15) is 33.3 Å². The molecule has 1 aromatic heterocycles. The van der Waals surface area contributed by atoms with Crippen molar-refractivity contribution in [3.05, 3.63) is 94.2 Å². The lowest BCUT2D eigenvalue weighted by atomic mass is 10.0. The van der Waals surface area contributed by atoms with Crippen LogP contribution in [0.15, 0.2) is 78.2 Å². The fourth-order valence-electron chi connectivity index (χ4n) is 4.02. The van der Waals surface area contributed by atoms with Crippen LogP contribution >= 0.6 is 11.3 Å². The predicted molar refractivity (Wildman–Crippen MR) is 129 cm³/mol. The first-order valence-electron chi connectivity index (χ1n) is 11.1. The second-order valence-electron chi connectivity index (χ2n) is 8.06. The molecule has 4 rings (SSSR count). The van der Waals surface area contributed by atoms with Gasteiger partial charge in [0.15, 0.2) is 0 Å². The maximum absolute atomic E-state index is 13.1. The Labute approximate surface area is 193 Å². The van der Waals surface area contributed by atoms with Crippen molar-refractivity contribution < 1.29 is 9.59 Å². The molecule has 6 heteroatoms. The van der Waals surface area contributed by atoms with E-state index < -0.39 is 0 Å². The molecule has 0 spiro atoms. The molecule has 1 aliphatic rings. The van der Waals surface area contributed by atoms with Crippen LogP contribution in [0.4, 0.5) is 0 Å². The summed E-state index contributed by atoms with van der Waals surface area (Å²) in [5.74, 6) is -0.0734. The Kier molecular flexibility index (Phi) is 7.69. The molecule has 1 N–H and O–H groups in total. The first-order valence-corrected chi connectivity index (χ1v) is 12.0. The van der Waals surface area contributed by atoms with Crippen LogP contribution in [0.5, 0.6) is 0 Å². The first kappa shape index (κ1) is 22.2. The largest absolute Gasteiger partial charge is 0.345 e. The lowest BCUT2D eigenvalue weighted by Gasteiger charge is -2.35. The summed E-state index contributed by atoms with van der Waals surface area (Å²) in [6.45, 7) is 4.28. The number of amides is 2. The van der Waals surface area contributed by atoms with Crippen molar-refractivity contribution in [2.75, 3.05) is 32.7 Å². The number of thiophene rings is 1. The van der Waals surface area contributed by atoms with Crippen LogP contribution in [0.3, 0.4) is 0 Å². The van der Waals surface area contributed by atoms with Gasteiger partial charge in [0.1, 0.15) is 0 Å².